The first-order valence-electron chi connectivity index (χ1n) is 8.10. The van der Waals surface area contributed by atoms with Crippen LogP contribution in [0.15, 0.2) is 35.3 Å². The van der Waals surface area contributed by atoms with Gasteiger partial charge in [0.2, 0.25) is 0 Å². The molecule has 1 aliphatic rings. The van der Waals surface area contributed by atoms with Crippen LogP contribution in [0.4, 0.5) is 0 Å². The molecule has 2 rings (SSSR count). The number of rotatable bonds is 6. The second-order valence-corrected chi connectivity index (χ2v) is 5.54. The molecule has 0 bridgehead atoms. The summed E-state index contributed by atoms with van der Waals surface area (Å²) in [7, 11) is 0. The summed E-state index contributed by atoms with van der Waals surface area (Å²) in [5, 5.41) is 0. The molecule has 1 aliphatic heterocycles. The molecule has 0 saturated carbocycles. The van der Waals surface area contributed by atoms with Crippen LogP contribution in [-0.2, 0) is 0 Å². The zero-order valence-electron chi connectivity index (χ0n) is 13.7. The van der Waals surface area contributed by atoms with Crippen LogP contribution in [0.1, 0.15) is 38.3 Å². The maximum absolute atomic E-state index is 6.12. The van der Waals surface area contributed by atoms with Crippen molar-refractivity contribution in [3.05, 3.63) is 35.9 Å². The van der Waals surface area contributed by atoms with E-state index < -0.39 is 0 Å². The predicted octanol–water partition coefficient (Wildman–Crippen LogP) is 3.10. The number of nitrogens with zero attached hydrogens (tertiary/aromatic N) is 3. The van der Waals surface area contributed by atoms with Gasteiger partial charge in [0.05, 0.1) is 12.6 Å². The van der Waals surface area contributed by atoms with Gasteiger partial charge < -0.3 is 10.6 Å². The van der Waals surface area contributed by atoms with Crippen LogP contribution in [0.25, 0.3) is 0 Å². The standard InChI is InChI=1S/C17H28N4.HI/c1-3-20(4-2)17(18)19-14-16(21-12-8-9-13-21)15-10-6-5-7-11-15;/h5-7,10-11,16H,3-4,8-9,12-14H2,1-2H3,(H2,18,19);1H. The summed E-state index contributed by atoms with van der Waals surface area (Å²) >= 11 is 0. The quantitative estimate of drug-likeness (QED) is 0.441. The van der Waals surface area contributed by atoms with E-state index in [1.54, 1.807) is 0 Å². The zero-order chi connectivity index (χ0) is 15.1. The molecule has 1 aromatic rings. The fraction of sp³-hybridized carbons (Fsp3) is 0.588. The molecule has 0 radical (unpaired) electrons. The van der Waals surface area contributed by atoms with Crippen LogP contribution in [-0.4, -0.2) is 48.5 Å². The minimum atomic E-state index is 0. The lowest BCUT2D eigenvalue weighted by molar-refractivity contribution is 0.251. The zero-order valence-corrected chi connectivity index (χ0v) is 16.1. The van der Waals surface area contributed by atoms with Gasteiger partial charge in [-0.15, -0.1) is 24.0 Å². The minimum absolute atomic E-state index is 0. The highest BCUT2D eigenvalue weighted by Gasteiger charge is 2.23. The lowest BCUT2D eigenvalue weighted by atomic mass is 10.1. The molecular weight excluding hydrogens is 387 g/mol. The third-order valence-corrected chi connectivity index (χ3v) is 4.28. The third-order valence-electron chi connectivity index (χ3n) is 4.28. The van der Waals surface area contributed by atoms with Crippen molar-refractivity contribution >= 4 is 29.9 Å². The van der Waals surface area contributed by atoms with Crippen LogP contribution in [0, 0.1) is 0 Å². The monoisotopic (exact) mass is 416 g/mol. The SMILES string of the molecule is CCN(CC)C(N)=NCC(c1ccccc1)N1CCCC1.I. The highest BCUT2D eigenvalue weighted by atomic mass is 127. The molecular formula is C17H29IN4. The number of hydrogen-bond donors (Lipinski definition) is 1. The van der Waals surface area contributed by atoms with Crippen molar-refractivity contribution < 1.29 is 0 Å². The van der Waals surface area contributed by atoms with E-state index in [0.717, 1.165) is 19.6 Å². The number of halogens is 1. The molecule has 1 atom stereocenters. The Labute approximate surface area is 151 Å². The molecule has 1 heterocycles. The fourth-order valence-corrected chi connectivity index (χ4v) is 2.99. The minimum Gasteiger partial charge on any atom is -0.370 e. The van der Waals surface area contributed by atoms with Crippen LogP contribution in [0.2, 0.25) is 0 Å². The Hall–Kier alpha value is -0.820. The summed E-state index contributed by atoms with van der Waals surface area (Å²) in [5.74, 6) is 0.667. The normalized spacial score (nSPS) is 17.1. The molecule has 1 saturated heterocycles. The number of guanidine groups is 1. The van der Waals surface area contributed by atoms with Crippen molar-refractivity contribution in [2.24, 2.45) is 10.7 Å². The van der Waals surface area contributed by atoms with Crippen LogP contribution >= 0.6 is 24.0 Å². The molecule has 124 valence electrons. The van der Waals surface area contributed by atoms with E-state index in [2.05, 4.69) is 59.0 Å². The van der Waals surface area contributed by atoms with Gasteiger partial charge in [0.25, 0.3) is 0 Å². The van der Waals surface area contributed by atoms with Crippen molar-refractivity contribution in [2.45, 2.75) is 32.7 Å². The molecule has 1 fully saturated rings. The summed E-state index contributed by atoms with van der Waals surface area (Å²) in [6.07, 6.45) is 2.58. The van der Waals surface area contributed by atoms with Gasteiger partial charge in [-0.05, 0) is 45.3 Å². The second kappa shape index (κ2) is 10.0. The van der Waals surface area contributed by atoms with Crippen molar-refractivity contribution in [2.75, 3.05) is 32.7 Å². The highest BCUT2D eigenvalue weighted by Crippen LogP contribution is 2.25. The Morgan fingerprint density at radius 3 is 2.32 bits per heavy atom. The summed E-state index contributed by atoms with van der Waals surface area (Å²) in [6.45, 7) is 9.12. The lowest BCUT2D eigenvalue weighted by Gasteiger charge is -2.27. The maximum atomic E-state index is 6.12. The van der Waals surface area contributed by atoms with Crippen LogP contribution in [0.3, 0.4) is 0 Å². The van der Waals surface area contributed by atoms with Gasteiger partial charge in [-0.25, -0.2) is 0 Å². The van der Waals surface area contributed by atoms with E-state index in [9.17, 15) is 0 Å². The molecule has 0 aromatic heterocycles. The van der Waals surface area contributed by atoms with E-state index >= 15 is 0 Å². The van der Waals surface area contributed by atoms with E-state index in [4.69, 9.17) is 5.73 Å². The molecule has 2 N–H and O–H groups in total. The Bertz CT molecular complexity index is 439. The van der Waals surface area contributed by atoms with Gasteiger partial charge in [0.1, 0.15) is 0 Å². The number of aliphatic imine (C=N–C) groups is 1. The predicted molar refractivity (Wildman–Crippen MR) is 105 cm³/mol. The number of nitrogens with two attached hydrogens (primary N) is 1. The first-order valence-corrected chi connectivity index (χ1v) is 8.10. The average Bonchev–Trinajstić information content (AvgIpc) is 3.04. The van der Waals surface area contributed by atoms with Gasteiger partial charge in [-0.1, -0.05) is 30.3 Å². The maximum Gasteiger partial charge on any atom is 0.191 e. The van der Waals surface area contributed by atoms with Crippen molar-refractivity contribution in [1.82, 2.24) is 9.80 Å². The Morgan fingerprint density at radius 1 is 1.18 bits per heavy atom. The summed E-state index contributed by atoms with van der Waals surface area (Å²) < 4.78 is 0. The van der Waals surface area contributed by atoms with E-state index in [1.165, 1.54) is 31.5 Å². The van der Waals surface area contributed by atoms with Crippen molar-refractivity contribution in [3.63, 3.8) is 0 Å². The van der Waals surface area contributed by atoms with Gasteiger partial charge in [-0.3, -0.25) is 9.89 Å². The average molecular weight is 416 g/mol. The van der Waals surface area contributed by atoms with E-state index in [1.807, 2.05) is 0 Å². The summed E-state index contributed by atoms with van der Waals surface area (Å²) in [4.78, 5) is 9.31. The first kappa shape index (κ1) is 19.2. The lowest BCUT2D eigenvalue weighted by Crippen LogP contribution is -2.38. The topological polar surface area (TPSA) is 44.9 Å². The smallest absolute Gasteiger partial charge is 0.191 e. The molecule has 5 heteroatoms. The number of benzene rings is 1. The Morgan fingerprint density at radius 2 is 1.77 bits per heavy atom. The van der Waals surface area contributed by atoms with Crippen LogP contribution < -0.4 is 5.73 Å². The molecule has 0 amide bonds. The summed E-state index contributed by atoms with van der Waals surface area (Å²) in [5.41, 5.74) is 7.46. The van der Waals surface area contributed by atoms with Gasteiger partial charge in [-0.2, -0.15) is 0 Å². The first-order chi connectivity index (χ1) is 10.3. The van der Waals surface area contributed by atoms with Gasteiger partial charge in [0, 0.05) is 13.1 Å². The van der Waals surface area contributed by atoms with Gasteiger partial charge in [0.15, 0.2) is 5.96 Å². The van der Waals surface area contributed by atoms with E-state index in [0.29, 0.717) is 12.0 Å². The molecule has 1 aromatic carbocycles. The second-order valence-electron chi connectivity index (χ2n) is 5.54. The van der Waals surface area contributed by atoms with Crippen molar-refractivity contribution in [3.8, 4) is 0 Å². The molecule has 4 nitrogen and oxygen atoms in total. The molecule has 0 aliphatic carbocycles. The van der Waals surface area contributed by atoms with E-state index in [-0.39, 0.29) is 24.0 Å². The number of hydrogen-bond acceptors (Lipinski definition) is 2. The molecule has 22 heavy (non-hydrogen) atoms. The highest BCUT2D eigenvalue weighted by molar-refractivity contribution is 14.0. The number of likely N-dealkylation sites (tertiary alicyclic amines) is 1. The van der Waals surface area contributed by atoms with Crippen molar-refractivity contribution in [1.29, 1.82) is 0 Å². The molecule has 0 spiro atoms. The van der Waals surface area contributed by atoms with Gasteiger partial charge >= 0.3 is 0 Å². The molecule has 1 unspecified atom stereocenters. The Kier molecular flexibility index (Phi) is 8.78. The summed E-state index contributed by atoms with van der Waals surface area (Å²) in [6, 6.07) is 11.0. The van der Waals surface area contributed by atoms with Crippen LogP contribution in [0.5, 0.6) is 0 Å². The Balaban J connectivity index is 0.00000242. The third kappa shape index (κ3) is 5.12. The largest absolute Gasteiger partial charge is 0.370 e. The fourth-order valence-electron chi connectivity index (χ4n) is 2.99.